The van der Waals surface area contributed by atoms with Gasteiger partial charge in [0.05, 0.1) is 32.0 Å². The van der Waals surface area contributed by atoms with E-state index in [-0.39, 0.29) is 18.5 Å². The number of rotatable bonds is 41. The van der Waals surface area contributed by atoms with E-state index in [9.17, 15) is 35.1 Å². The number of amides is 1. The van der Waals surface area contributed by atoms with Crippen LogP contribution in [-0.4, -0.2) is 100 Å². The summed E-state index contributed by atoms with van der Waals surface area (Å²) in [6.07, 6.45) is 46.9. The number of allylic oxidation sites excluding steroid dienone is 13. The lowest BCUT2D eigenvalue weighted by Crippen LogP contribution is -2.60. The average molecular weight is 914 g/mol. The van der Waals surface area contributed by atoms with Crippen molar-refractivity contribution in [2.75, 3.05) is 19.8 Å². The van der Waals surface area contributed by atoms with Crippen LogP contribution in [0, 0.1) is 0 Å². The van der Waals surface area contributed by atoms with Gasteiger partial charge < -0.3 is 45.1 Å². The van der Waals surface area contributed by atoms with Gasteiger partial charge in [-0.1, -0.05) is 143 Å². The molecule has 0 radical (unpaired) electrons. The van der Waals surface area contributed by atoms with Crippen molar-refractivity contribution < 1.29 is 49.3 Å². The molecule has 1 rings (SSSR count). The number of carbonyl (C=O) groups excluding carboxylic acids is 2. The summed E-state index contributed by atoms with van der Waals surface area (Å²) in [7, 11) is 0. The van der Waals surface area contributed by atoms with E-state index in [4.69, 9.17) is 14.2 Å². The molecule has 1 saturated heterocycles. The van der Waals surface area contributed by atoms with E-state index in [1.807, 2.05) is 19.1 Å². The van der Waals surface area contributed by atoms with Gasteiger partial charge in [-0.2, -0.15) is 0 Å². The number of carbonyl (C=O) groups is 2. The number of nitrogens with one attached hydrogen (secondary N) is 1. The summed E-state index contributed by atoms with van der Waals surface area (Å²) in [4.78, 5) is 24.9. The third-order valence-electron chi connectivity index (χ3n) is 11.3. The van der Waals surface area contributed by atoms with Crippen molar-refractivity contribution in [3.05, 3.63) is 85.1 Å². The number of hydrogen-bond donors (Lipinski definition) is 6. The Kier molecular flexibility index (Phi) is 40.0. The fourth-order valence-corrected chi connectivity index (χ4v) is 7.20. The van der Waals surface area contributed by atoms with Crippen molar-refractivity contribution >= 4 is 11.9 Å². The molecule has 11 nitrogen and oxygen atoms in total. The maximum absolute atomic E-state index is 12.9. The molecule has 0 aliphatic carbocycles. The first-order chi connectivity index (χ1) is 31.7. The minimum absolute atomic E-state index is 0.0600. The fraction of sp³-hybridized carbons (Fsp3) is 0.704. The Morgan fingerprint density at radius 1 is 0.615 bits per heavy atom. The van der Waals surface area contributed by atoms with Crippen LogP contribution in [0.1, 0.15) is 181 Å². The Bertz CT molecular complexity index is 1350. The second-order valence-electron chi connectivity index (χ2n) is 17.2. The van der Waals surface area contributed by atoms with Crippen LogP contribution < -0.4 is 5.32 Å². The topological polar surface area (TPSA) is 175 Å². The van der Waals surface area contributed by atoms with Crippen molar-refractivity contribution in [2.45, 2.75) is 224 Å². The summed E-state index contributed by atoms with van der Waals surface area (Å²) in [6, 6.07) is -0.852. The SMILES string of the molecule is C/C=C/CC/C=C/CC/C=C/C(O)C(COC1OC(CO)C(O)C(O)C1O)NC(=O)CCCCCCCC/C=C\C=C/CCCCCOC(=O)CCCCCCC/C=C\C/C=C\CCC. The average Bonchev–Trinajstić information content (AvgIpc) is 3.30. The quantitative estimate of drug-likeness (QED) is 0.0150. The van der Waals surface area contributed by atoms with Gasteiger partial charge in [0, 0.05) is 12.8 Å². The molecule has 1 amide bonds. The largest absolute Gasteiger partial charge is 0.466 e. The zero-order valence-electron chi connectivity index (χ0n) is 40.4. The lowest BCUT2D eigenvalue weighted by atomic mass is 9.99. The molecule has 1 heterocycles. The van der Waals surface area contributed by atoms with E-state index in [0.29, 0.717) is 32.3 Å². The van der Waals surface area contributed by atoms with Crippen molar-refractivity contribution in [2.24, 2.45) is 0 Å². The van der Waals surface area contributed by atoms with Gasteiger partial charge in [-0.25, -0.2) is 0 Å². The highest BCUT2D eigenvalue weighted by atomic mass is 16.7. The molecular weight excluding hydrogens is 823 g/mol. The molecule has 0 aromatic rings. The van der Waals surface area contributed by atoms with Gasteiger partial charge in [0.15, 0.2) is 6.29 Å². The van der Waals surface area contributed by atoms with Crippen LogP contribution in [-0.2, 0) is 23.8 Å². The van der Waals surface area contributed by atoms with E-state index in [1.54, 1.807) is 6.08 Å². The number of aliphatic hydroxyl groups is 5. The molecule has 7 unspecified atom stereocenters. The lowest BCUT2D eigenvalue weighted by molar-refractivity contribution is -0.302. The highest BCUT2D eigenvalue weighted by Gasteiger charge is 2.44. The Morgan fingerprint density at radius 2 is 1.15 bits per heavy atom. The van der Waals surface area contributed by atoms with Crippen molar-refractivity contribution in [3.63, 3.8) is 0 Å². The lowest BCUT2D eigenvalue weighted by Gasteiger charge is -2.40. The van der Waals surface area contributed by atoms with Gasteiger partial charge in [0.25, 0.3) is 0 Å². The van der Waals surface area contributed by atoms with Crippen LogP contribution in [0.2, 0.25) is 0 Å². The number of ether oxygens (including phenoxy) is 3. The smallest absolute Gasteiger partial charge is 0.305 e. The molecule has 6 N–H and O–H groups in total. The summed E-state index contributed by atoms with van der Waals surface area (Å²) in [5, 5.41) is 54.0. The minimum Gasteiger partial charge on any atom is -0.466 e. The summed E-state index contributed by atoms with van der Waals surface area (Å²) < 4.78 is 16.6. The first kappa shape index (κ1) is 59.9. The Balaban J connectivity index is 2.17. The van der Waals surface area contributed by atoms with Crippen molar-refractivity contribution in [3.8, 4) is 0 Å². The van der Waals surface area contributed by atoms with Crippen LogP contribution in [0.3, 0.4) is 0 Å². The maximum atomic E-state index is 12.9. The normalized spacial score (nSPS) is 20.5. The van der Waals surface area contributed by atoms with Crippen LogP contribution >= 0.6 is 0 Å². The van der Waals surface area contributed by atoms with Crippen molar-refractivity contribution in [1.82, 2.24) is 5.32 Å². The van der Waals surface area contributed by atoms with E-state index in [1.165, 1.54) is 32.1 Å². The van der Waals surface area contributed by atoms with Gasteiger partial charge in [0.2, 0.25) is 5.91 Å². The van der Waals surface area contributed by atoms with E-state index < -0.39 is 49.5 Å². The fourth-order valence-electron chi connectivity index (χ4n) is 7.20. The molecule has 0 saturated carbocycles. The molecule has 1 aliphatic rings. The highest BCUT2D eigenvalue weighted by molar-refractivity contribution is 5.76. The molecule has 0 aromatic carbocycles. The van der Waals surface area contributed by atoms with Gasteiger partial charge in [-0.3, -0.25) is 9.59 Å². The summed E-state index contributed by atoms with van der Waals surface area (Å²) in [6.45, 7) is 3.90. The van der Waals surface area contributed by atoms with E-state index in [0.717, 1.165) is 109 Å². The monoisotopic (exact) mass is 914 g/mol. The molecule has 0 spiro atoms. The molecule has 7 atom stereocenters. The van der Waals surface area contributed by atoms with Gasteiger partial charge in [0.1, 0.15) is 24.4 Å². The van der Waals surface area contributed by atoms with Gasteiger partial charge in [-0.05, 0) is 110 Å². The highest BCUT2D eigenvalue weighted by Crippen LogP contribution is 2.22. The van der Waals surface area contributed by atoms with Crippen LogP contribution in [0.15, 0.2) is 85.1 Å². The van der Waals surface area contributed by atoms with E-state index in [2.05, 4.69) is 79.1 Å². The molecule has 1 fully saturated rings. The first-order valence-corrected chi connectivity index (χ1v) is 25.3. The summed E-state index contributed by atoms with van der Waals surface area (Å²) >= 11 is 0. The summed E-state index contributed by atoms with van der Waals surface area (Å²) in [5.41, 5.74) is 0. The number of unbranched alkanes of at least 4 members (excludes halogenated alkanes) is 17. The Labute approximate surface area is 393 Å². The van der Waals surface area contributed by atoms with Crippen molar-refractivity contribution in [1.29, 1.82) is 0 Å². The zero-order valence-corrected chi connectivity index (χ0v) is 40.4. The molecule has 0 aromatic heterocycles. The van der Waals surface area contributed by atoms with Crippen LogP contribution in [0.25, 0.3) is 0 Å². The third kappa shape index (κ3) is 33.9. The first-order valence-electron chi connectivity index (χ1n) is 25.3. The third-order valence-corrected chi connectivity index (χ3v) is 11.3. The molecule has 0 bridgehead atoms. The summed E-state index contributed by atoms with van der Waals surface area (Å²) in [5.74, 6) is -0.286. The van der Waals surface area contributed by atoms with Crippen LogP contribution in [0.4, 0.5) is 0 Å². The molecule has 1 aliphatic heterocycles. The van der Waals surface area contributed by atoms with Gasteiger partial charge >= 0.3 is 5.97 Å². The predicted octanol–water partition coefficient (Wildman–Crippen LogP) is 10.3. The predicted molar refractivity (Wildman–Crippen MR) is 264 cm³/mol. The number of esters is 1. The maximum Gasteiger partial charge on any atom is 0.305 e. The molecule has 65 heavy (non-hydrogen) atoms. The minimum atomic E-state index is -1.59. The number of aliphatic hydroxyl groups excluding tert-OH is 5. The number of hydrogen-bond acceptors (Lipinski definition) is 10. The molecule has 11 heteroatoms. The Morgan fingerprint density at radius 3 is 1.78 bits per heavy atom. The molecular formula is C54H91NO10. The van der Waals surface area contributed by atoms with Crippen LogP contribution in [0.5, 0.6) is 0 Å². The van der Waals surface area contributed by atoms with Gasteiger partial charge in [-0.15, -0.1) is 0 Å². The zero-order chi connectivity index (χ0) is 47.4. The standard InChI is InChI=1S/C54H91NO10/c1-3-5-7-9-11-13-14-18-22-26-30-34-38-42-50(59)63-43-39-35-31-27-23-20-17-15-16-19-21-25-29-33-37-41-49(58)55-46(47(57)40-36-32-28-24-12-10-8-6-4-2)45-64-54-53(62)52(61)51(60)48(44-56)65-54/h4,6-7,9,12-15,17,20,23-24,36,40,46-48,51-54,56-57,60-62H,3,5,8,10-11,16,18-19,21-22,25-35,37-39,41-45H2,1-2H3,(H,55,58)/b6-4+,9-7-,14-13-,17-15-,23-20-,24-12+,40-36+. The second-order valence-corrected chi connectivity index (χ2v) is 17.2. The Hall–Kier alpha value is -3.16. The van der Waals surface area contributed by atoms with E-state index >= 15 is 0 Å². The molecule has 372 valence electrons. The second kappa shape index (κ2) is 43.4.